The van der Waals surface area contributed by atoms with Crippen LogP contribution < -0.4 is 0 Å². The number of hydrogen-bond donors (Lipinski definition) is 0. The molecule has 0 fully saturated rings. The quantitative estimate of drug-likeness (QED) is 0.0761. The topological polar surface area (TPSA) is 111 Å². The number of ether oxygens (including phenoxy) is 12. The average Bonchev–Trinajstić information content (AvgIpc) is 3.00. The van der Waals surface area contributed by atoms with Gasteiger partial charge in [0, 0.05) is 28.4 Å². The Bertz CT molecular complexity index is 458. The summed E-state index contributed by atoms with van der Waals surface area (Å²) in [5.74, 6) is -1.49. The fourth-order valence-corrected chi connectivity index (χ4v) is 3.83. The van der Waals surface area contributed by atoms with Crippen LogP contribution in [0.2, 0.25) is 0 Å². The van der Waals surface area contributed by atoms with Crippen molar-refractivity contribution in [3.05, 3.63) is 0 Å². The van der Waals surface area contributed by atoms with Gasteiger partial charge in [0.1, 0.15) is 6.10 Å². The Morgan fingerprint density at radius 2 is 0.762 bits per heavy atom. The average molecular weight is 615 g/mol. The fraction of sp³-hybridized carbons (Fsp3) is 1.00. The van der Waals surface area contributed by atoms with E-state index in [1.165, 1.54) is 25.7 Å². The Hall–Kier alpha value is -0.480. The van der Waals surface area contributed by atoms with E-state index in [-0.39, 0.29) is 19.8 Å². The molecule has 0 rings (SSSR count). The second-order valence-corrected chi connectivity index (χ2v) is 9.49. The molecule has 12 heteroatoms. The SMILES string of the molecule is CCCCCCCCC(OCCOCCOC)C(OCCOCCOC)(OCCOCCOC)OCCOCCOC. The van der Waals surface area contributed by atoms with Gasteiger partial charge in [-0.05, 0) is 6.42 Å². The first-order valence-electron chi connectivity index (χ1n) is 15.5. The van der Waals surface area contributed by atoms with Gasteiger partial charge in [-0.3, -0.25) is 0 Å². The van der Waals surface area contributed by atoms with E-state index in [0.717, 1.165) is 12.8 Å². The van der Waals surface area contributed by atoms with E-state index in [0.29, 0.717) is 92.3 Å². The van der Waals surface area contributed by atoms with Crippen molar-refractivity contribution in [2.24, 2.45) is 0 Å². The van der Waals surface area contributed by atoms with E-state index in [4.69, 9.17) is 56.8 Å². The van der Waals surface area contributed by atoms with Gasteiger partial charge in [0.2, 0.25) is 0 Å². The predicted molar refractivity (Wildman–Crippen MR) is 159 cm³/mol. The molecule has 0 spiro atoms. The molecule has 1 unspecified atom stereocenters. The Kier molecular flexibility index (Phi) is 33.0. The molecule has 254 valence electrons. The van der Waals surface area contributed by atoms with Crippen LogP contribution in [0.4, 0.5) is 0 Å². The van der Waals surface area contributed by atoms with Crippen LogP contribution >= 0.6 is 0 Å². The molecule has 0 saturated heterocycles. The molecular weight excluding hydrogens is 552 g/mol. The van der Waals surface area contributed by atoms with Gasteiger partial charge < -0.3 is 56.8 Å². The first-order valence-corrected chi connectivity index (χ1v) is 15.5. The van der Waals surface area contributed by atoms with E-state index in [1.807, 2.05) is 0 Å². The summed E-state index contributed by atoms with van der Waals surface area (Å²) in [5, 5.41) is 0. The molecule has 12 nitrogen and oxygen atoms in total. The number of hydrogen-bond acceptors (Lipinski definition) is 12. The molecule has 0 bridgehead atoms. The monoisotopic (exact) mass is 614 g/mol. The summed E-state index contributed by atoms with van der Waals surface area (Å²) in [6, 6.07) is 0. The van der Waals surface area contributed by atoms with Crippen molar-refractivity contribution in [3.8, 4) is 0 Å². The number of rotatable bonds is 36. The van der Waals surface area contributed by atoms with Crippen LogP contribution in [0.3, 0.4) is 0 Å². The molecule has 0 saturated carbocycles. The highest BCUT2D eigenvalue weighted by Gasteiger charge is 2.44. The third-order valence-electron chi connectivity index (χ3n) is 6.08. The molecule has 0 radical (unpaired) electrons. The Morgan fingerprint density at radius 1 is 0.405 bits per heavy atom. The molecular formula is C30H62O12. The maximum Gasteiger partial charge on any atom is 0.311 e. The molecule has 0 aliphatic rings. The Labute approximate surface area is 255 Å². The van der Waals surface area contributed by atoms with Gasteiger partial charge in [0.05, 0.1) is 106 Å². The standard InChI is InChI=1S/C30H62O12/c1-6-7-8-9-10-11-12-29(39-25-21-35-17-13-31-2)30(40-26-22-36-18-14-32-3,41-27-23-37-19-15-33-4)42-28-24-38-20-16-34-5/h29H,6-28H2,1-5H3. The molecule has 0 aromatic heterocycles. The first-order chi connectivity index (χ1) is 20.7. The molecule has 0 aliphatic heterocycles. The van der Waals surface area contributed by atoms with Crippen LogP contribution in [0.5, 0.6) is 0 Å². The maximum absolute atomic E-state index is 6.38. The van der Waals surface area contributed by atoms with Crippen LogP contribution in [0.25, 0.3) is 0 Å². The van der Waals surface area contributed by atoms with Crippen LogP contribution in [-0.2, 0) is 56.8 Å². The van der Waals surface area contributed by atoms with Gasteiger partial charge in [-0.2, -0.15) is 0 Å². The minimum atomic E-state index is -1.49. The summed E-state index contributed by atoms with van der Waals surface area (Å²) in [6.07, 6.45) is 7.03. The van der Waals surface area contributed by atoms with E-state index in [2.05, 4.69) is 6.92 Å². The summed E-state index contributed by atoms with van der Waals surface area (Å²) in [4.78, 5) is 0. The normalized spacial score (nSPS) is 12.8. The molecule has 0 aromatic carbocycles. The zero-order chi connectivity index (χ0) is 30.8. The van der Waals surface area contributed by atoms with E-state index in [1.54, 1.807) is 28.4 Å². The molecule has 0 amide bonds. The van der Waals surface area contributed by atoms with Crippen LogP contribution in [0, 0.1) is 0 Å². The number of methoxy groups -OCH3 is 4. The summed E-state index contributed by atoms with van der Waals surface area (Å²) in [5.41, 5.74) is 0. The smallest absolute Gasteiger partial charge is 0.311 e. The van der Waals surface area contributed by atoms with Crippen molar-refractivity contribution in [2.75, 3.05) is 134 Å². The Balaban J connectivity index is 5.61. The highest BCUT2D eigenvalue weighted by Crippen LogP contribution is 2.28. The highest BCUT2D eigenvalue weighted by atomic mass is 16.9. The molecule has 0 N–H and O–H groups in total. The number of unbranched alkanes of at least 4 members (excludes halogenated alkanes) is 5. The third-order valence-corrected chi connectivity index (χ3v) is 6.08. The minimum Gasteiger partial charge on any atom is -0.382 e. The van der Waals surface area contributed by atoms with Crippen LogP contribution in [0.1, 0.15) is 51.9 Å². The highest BCUT2D eigenvalue weighted by molar-refractivity contribution is 4.74. The van der Waals surface area contributed by atoms with E-state index in [9.17, 15) is 0 Å². The summed E-state index contributed by atoms with van der Waals surface area (Å²) in [6.45, 7) is 8.63. The second kappa shape index (κ2) is 33.4. The van der Waals surface area contributed by atoms with Gasteiger partial charge in [0.25, 0.3) is 0 Å². The van der Waals surface area contributed by atoms with Crippen LogP contribution in [-0.4, -0.2) is 146 Å². The summed E-state index contributed by atoms with van der Waals surface area (Å²) >= 11 is 0. The van der Waals surface area contributed by atoms with Gasteiger partial charge in [-0.15, -0.1) is 0 Å². The van der Waals surface area contributed by atoms with Gasteiger partial charge in [0.15, 0.2) is 0 Å². The zero-order valence-electron chi connectivity index (χ0n) is 27.2. The van der Waals surface area contributed by atoms with E-state index < -0.39 is 12.1 Å². The van der Waals surface area contributed by atoms with Gasteiger partial charge in [-0.25, -0.2) is 0 Å². The van der Waals surface area contributed by atoms with Crippen LogP contribution in [0.15, 0.2) is 0 Å². The molecule has 0 heterocycles. The van der Waals surface area contributed by atoms with Crippen molar-refractivity contribution in [1.82, 2.24) is 0 Å². The van der Waals surface area contributed by atoms with Gasteiger partial charge >= 0.3 is 5.97 Å². The van der Waals surface area contributed by atoms with Crippen molar-refractivity contribution >= 4 is 0 Å². The van der Waals surface area contributed by atoms with Crippen molar-refractivity contribution in [3.63, 3.8) is 0 Å². The molecule has 0 aliphatic carbocycles. The Morgan fingerprint density at radius 3 is 1.17 bits per heavy atom. The van der Waals surface area contributed by atoms with E-state index >= 15 is 0 Å². The fourth-order valence-electron chi connectivity index (χ4n) is 3.83. The van der Waals surface area contributed by atoms with Crippen molar-refractivity contribution in [1.29, 1.82) is 0 Å². The lowest BCUT2D eigenvalue weighted by molar-refractivity contribution is -0.422. The second-order valence-electron chi connectivity index (χ2n) is 9.49. The zero-order valence-corrected chi connectivity index (χ0v) is 27.2. The van der Waals surface area contributed by atoms with Crippen molar-refractivity contribution < 1.29 is 56.8 Å². The van der Waals surface area contributed by atoms with Gasteiger partial charge in [-0.1, -0.05) is 45.4 Å². The third kappa shape index (κ3) is 24.9. The minimum absolute atomic E-state index is 0.236. The molecule has 1 atom stereocenters. The summed E-state index contributed by atoms with van der Waals surface area (Å²) < 4.78 is 68.4. The molecule has 42 heavy (non-hydrogen) atoms. The predicted octanol–water partition coefficient (Wildman–Crippen LogP) is 3.48. The lowest BCUT2D eigenvalue weighted by atomic mass is 10.1. The largest absolute Gasteiger partial charge is 0.382 e. The summed E-state index contributed by atoms with van der Waals surface area (Å²) in [7, 11) is 6.56. The first kappa shape index (κ1) is 41.5. The maximum atomic E-state index is 6.38. The lowest BCUT2D eigenvalue weighted by Gasteiger charge is -2.39. The molecule has 0 aromatic rings. The van der Waals surface area contributed by atoms with Crippen molar-refractivity contribution in [2.45, 2.75) is 63.9 Å². The lowest BCUT2D eigenvalue weighted by Crippen LogP contribution is -2.53.